The third-order valence-corrected chi connectivity index (χ3v) is 2.20. The number of hydrogen-bond donors (Lipinski definition) is 3. The number of nitrogens with one attached hydrogen (secondary N) is 2. The number of carbonyl (C=O) groups excluding carboxylic acids is 1. The quantitative estimate of drug-likeness (QED) is 0.593. The lowest BCUT2D eigenvalue weighted by atomic mass is 10.0. The van der Waals surface area contributed by atoms with Gasteiger partial charge in [-0.3, -0.25) is 9.59 Å². The molecule has 0 radical (unpaired) electrons. The fourth-order valence-electron chi connectivity index (χ4n) is 0.941. The van der Waals surface area contributed by atoms with Gasteiger partial charge in [0.1, 0.15) is 0 Å². The van der Waals surface area contributed by atoms with Crippen molar-refractivity contribution in [2.24, 2.45) is 5.92 Å². The van der Waals surface area contributed by atoms with Crippen LogP contribution < -0.4 is 10.6 Å². The second-order valence-corrected chi connectivity index (χ2v) is 4.02. The summed E-state index contributed by atoms with van der Waals surface area (Å²) in [5, 5.41) is 14.3. The van der Waals surface area contributed by atoms with Gasteiger partial charge in [0.2, 0.25) is 5.91 Å². The standard InChI is InChI=1S/C10H20N2O3/c1-6(2)11-5-9(13)12-8(4)7(3)10(14)15/h6-8,11H,5H2,1-4H3,(H,12,13)(H,14,15). The Kier molecular flexibility index (Phi) is 5.93. The Morgan fingerprint density at radius 1 is 1.20 bits per heavy atom. The molecule has 0 fully saturated rings. The fraction of sp³-hybridized carbons (Fsp3) is 0.800. The first-order valence-corrected chi connectivity index (χ1v) is 5.10. The van der Waals surface area contributed by atoms with E-state index in [1.54, 1.807) is 13.8 Å². The Morgan fingerprint density at radius 2 is 1.73 bits per heavy atom. The number of rotatable bonds is 6. The highest BCUT2D eigenvalue weighted by atomic mass is 16.4. The van der Waals surface area contributed by atoms with Gasteiger partial charge in [-0.05, 0) is 13.8 Å². The first-order valence-electron chi connectivity index (χ1n) is 5.10. The summed E-state index contributed by atoms with van der Waals surface area (Å²) in [6.07, 6.45) is 0. The van der Waals surface area contributed by atoms with Crippen LogP contribution in [0.3, 0.4) is 0 Å². The molecule has 15 heavy (non-hydrogen) atoms. The van der Waals surface area contributed by atoms with Crippen LogP contribution in [0.25, 0.3) is 0 Å². The molecule has 0 aliphatic carbocycles. The molecular formula is C10H20N2O3. The highest BCUT2D eigenvalue weighted by molar-refractivity contribution is 5.79. The van der Waals surface area contributed by atoms with Crippen LogP contribution in [0.15, 0.2) is 0 Å². The molecule has 0 spiro atoms. The second kappa shape index (κ2) is 6.40. The van der Waals surface area contributed by atoms with E-state index in [1.807, 2.05) is 13.8 Å². The van der Waals surface area contributed by atoms with Crippen molar-refractivity contribution < 1.29 is 14.7 Å². The minimum absolute atomic E-state index is 0.177. The zero-order valence-corrected chi connectivity index (χ0v) is 9.70. The highest BCUT2D eigenvalue weighted by Gasteiger charge is 2.20. The summed E-state index contributed by atoms with van der Waals surface area (Å²) in [7, 11) is 0. The van der Waals surface area contributed by atoms with Crippen molar-refractivity contribution in [1.82, 2.24) is 10.6 Å². The van der Waals surface area contributed by atoms with Gasteiger partial charge in [-0.25, -0.2) is 0 Å². The predicted octanol–water partition coefficient (Wildman–Crippen LogP) is 0.210. The fourth-order valence-corrected chi connectivity index (χ4v) is 0.941. The predicted molar refractivity (Wildman–Crippen MR) is 57.5 cm³/mol. The average Bonchev–Trinajstić information content (AvgIpc) is 2.13. The third-order valence-electron chi connectivity index (χ3n) is 2.20. The van der Waals surface area contributed by atoms with E-state index in [0.29, 0.717) is 0 Å². The molecule has 0 aromatic rings. The van der Waals surface area contributed by atoms with E-state index in [9.17, 15) is 9.59 Å². The van der Waals surface area contributed by atoms with E-state index in [-0.39, 0.29) is 24.5 Å². The number of amides is 1. The van der Waals surface area contributed by atoms with Gasteiger partial charge in [0.15, 0.2) is 0 Å². The average molecular weight is 216 g/mol. The van der Waals surface area contributed by atoms with Crippen molar-refractivity contribution >= 4 is 11.9 Å². The lowest BCUT2D eigenvalue weighted by molar-refractivity contribution is -0.142. The highest BCUT2D eigenvalue weighted by Crippen LogP contribution is 2.01. The van der Waals surface area contributed by atoms with Crippen LogP contribution in [0.4, 0.5) is 0 Å². The molecule has 88 valence electrons. The smallest absolute Gasteiger partial charge is 0.308 e. The van der Waals surface area contributed by atoms with E-state index in [4.69, 9.17) is 5.11 Å². The molecule has 0 aromatic carbocycles. The minimum atomic E-state index is -0.903. The third kappa shape index (κ3) is 6.06. The SMILES string of the molecule is CC(C)NCC(=O)NC(C)C(C)C(=O)O. The first-order chi connectivity index (χ1) is 6.84. The maximum atomic E-state index is 11.3. The number of carboxylic acid groups (broad SMARTS) is 1. The summed E-state index contributed by atoms with van der Waals surface area (Å²) in [6, 6.07) is -0.119. The molecule has 2 unspecified atom stereocenters. The van der Waals surface area contributed by atoms with Crippen molar-refractivity contribution in [1.29, 1.82) is 0 Å². The van der Waals surface area contributed by atoms with E-state index in [2.05, 4.69) is 10.6 Å². The summed E-state index contributed by atoms with van der Waals surface area (Å²) in [6.45, 7) is 7.36. The van der Waals surface area contributed by atoms with Crippen molar-refractivity contribution in [3.05, 3.63) is 0 Å². The van der Waals surface area contributed by atoms with Crippen molar-refractivity contribution in [3.63, 3.8) is 0 Å². The molecule has 5 nitrogen and oxygen atoms in total. The molecule has 2 atom stereocenters. The van der Waals surface area contributed by atoms with E-state index in [1.165, 1.54) is 0 Å². The summed E-state index contributed by atoms with van der Waals surface area (Å²) < 4.78 is 0. The molecular weight excluding hydrogens is 196 g/mol. The van der Waals surface area contributed by atoms with E-state index in [0.717, 1.165) is 0 Å². The summed E-state index contributed by atoms with van der Waals surface area (Å²) in [4.78, 5) is 21.9. The lowest BCUT2D eigenvalue weighted by Gasteiger charge is -2.18. The molecule has 3 N–H and O–H groups in total. The van der Waals surface area contributed by atoms with Crippen molar-refractivity contribution in [3.8, 4) is 0 Å². The van der Waals surface area contributed by atoms with Gasteiger partial charge in [-0.2, -0.15) is 0 Å². The largest absolute Gasteiger partial charge is 0.481 e. The lowest BCUT2D eigenvalue weighted by Crippen LogP contribution is -2.44. The summed E-state index contributed by atoms with van der Waals surface area (Å²) in [5.41, 5.74) is 0. The Morgan fingerprint density at radius 3 is 2.13 bits per heavy atom. The number of aliphatic carboxylic acids is 1. The molecule has 0 aliphatic heterocycles. The van der Waals surface area contributed by atoms with Gasteiger partial charge in [0, 0.05) is 12.1 Å². The number of carbonyl (C=O) groups is 2. The summed E-state index contributed by atoms with van der Waals surface area (Å²) >= 11 is 0. The molecule has 0 heterocycles. The molecule has 0 saturated carbocycles. The van der Waals surface area contributed by atoms with E-state index >= 15 is 0 Å². The molecule has 0 aromatic heterocycles. The van der Waals surface area contributed by atoms with Crippen LogP contribution in [0.1, 0.15) is 27.7 Å². The normalized spacial score (nSPS) is 14.7. The Hall–Kier alpha value is -1.10. The van der Waals surface area contributed by atoms with Crippen LogP contribution in [0.2, 0.25) is 0 Å². The van der Waals surface area contributed by atoms with Crippen LogP contribution >= 0.6 is 0 Å². The molecule has 0 aliphatic rings. The molecule has 5 heteroatoms. The zero-order valence-electron chi connectivity index (χ0n) is 9.70. The minimum Gasteiger partial charge on any atom is -0.481 e. The van der Waals surface area contributed by atoms with Crippen LogP contribution in [-0.4, -0.2) is 35.6 Å². The van der Waals surface area contributed by atoms with Crippen LogP contribution in [0.5, 0.6) is 0 Å². The maximum Gasteiger partial charge on any atom is 0.308 e. The van der Waals surface area contributed by atoms with Gasteiger partial charge in [-0.15, -0.1) is 0 Å². The van der Waals surface area contributed by atoms with Gasteiger partial charge >= 0.3 is 5.97 Å². The van der Waals surface area contributed by atoms with Gasteiger partial charge in [0.05, 0.1) is 12.5 Å². The monoisotopic (exact) mass is 216 g/mol. The topological polar surface area (TPSA) is 78.4 Å². The van der Waals surface area contributed by atoms with Gasteiger partial charge in [-0.1, -0.05) is 13.8 Å². The van der Waals surface area contributed by atoms with E-state index < -0.39 is 11.9 Å². The molecule has 0 bridgehead atoms. The second-order valence-electron chi connectivity index (χ2n) is 4.02. The van der Waals surface area contributed by atoms with Crippen molar-refractivity contribution in [2.75, 3.05) is 6.54 Å². The Bertz CT molecular complexity index is 229. The first kappa shape index (κ1) is 13.9. The van der Waals surface area contributed by atoms with Crippen molar-refractivity contribution in [2.45, 2.75) is 39.8 Å². The number of hydrogen-bond acceptors (Lipinski definition) is 3. The molecule has 0 rings (SSSR count). The van der Waals surface area contributed by atoms with Crippen LogP contribution in [-0.2, 0) is 9.59 Å². The van der Waals surface area contributed by atoms with Gasteiger partial charge in [0.25, 0.3) is 0 Å². The Labute approximate surface area is 90.2 Å². The zero-order chi connectivity index (χ0) is 12.0. The summed E-state index contributed by atoms with van der Waals surface area (Å²) in [5.74, 6) is -1.66. The number of carboxylic acids is 1. The van der Waals surface area contributed by atoms with Gasteiger partial charge < -0.3 is 15.7 Å². The maximum absolute atomic E-state index is 11.3. The van der Waals surface area contributed by atoms with Crippen LogP contribution in [0, 0.1) is 5.92 Å². The molecule has 1 amide bonds. The Balaban J connectivity index is 3.91. The molecule has 0 saturated heterocycles.